The molecule has 0 aliphatic carbocycles. The van der Waals surface area contributed by atoms with Gasteiger partial charge in [-0.1, -0.05) is 50.3 Å². The van der Waals surface area contributed by atoms with Crippen molar-refractivity contribution in [3.8, 4) is 11.4 Å². The zero-order valence-corrected chi connectivity index (χ0v) is 18.3. The van der Waals surface area contributed by atoms with Crippen molar-refractivity contribution in [2.24, 2.45) is 0 Å². The lowest BCUT2D eigenvalue weighted by Crippen LogP contribution is -2.41. The van der Waals surface area contributed by atoms with Gasteiger partial charge in [-0.2, -0.15) is 0 Å². The van der Waals surface area contributed by atoms with Crippen LogP contribution < -0.4 is 16.0 Å². The van der Waals surface area contributed by atoms with E-state index in [1.807, 2.05) is 54.6 Å². The van der Waals surface area contributed by atoms with Gasteiger partial charge in [0, 0.05) is 6.54 Å². The second-order valence-electron chi connectivity index (χ2n) is 7.84. The highest BCUT2D eigenvalue weighted by atomic mass is 16.5. The molecule has 2 aromatic carbocycles. The van der Waals surface area contributed by atoms with Gasteiger partial charge < -0.3 is 9.30 Å². The molecule has 0 fully saturated rings. The molecule has 0 aliphatic rings. The maximum absolute atomic E-state index is 13.4. The maximum atomic E-state index is 13.4. The number of nitrogens with zero attached hydrogens (tertiary/aromatic N) is 4. The molecule has 2 aromatic heterocycles. The summed E-state index contributed by atoms with van der Waals surface area (Å²) < 4.78 is 10.1. The summed E-state index contributed by atoms with van der Waals surface area (Å²) in [5, 5.41) is 0. The van der Waals surface area contributed by atoms with Crippen LogP contribution in [0.3, 0.4) is 0 Å². The molecule has 0 N–H and O–H groups in total. The molecule has 0 aliphatic heterocycles. The van der Waals surface area contributed by atoms with E-state index in [4.69, 9.17) is 4.74 Å². The Hall–Kier alpha value is -3.87. The first-order valence-corrected chi connectivity index (χ1v) is 10.6. The molecule has 0 spiro atoms. The fourth-order valence-corrected chi connectivity index (χ4v) is 3.67. The van der Waals surface area contributed by atoms with Gasteiger partial charge in [-0.15, -0.1) is 6.58 Å². The van der Waals surface area contributed by atoms with Crippen molar-refractivity contribution in [3.63, 3.8) is 0 Å². The smallest absolute Gasteiger partial charge is 0.337 e. The van der Waals surface area contributed by atoms with Crippen LogP contribution in [0.15, 0.2) is 83.2 Å². The lowest BCUT2D eigenvalue weighted by atomic mass is 10.0. The van der Waals surface area contributed by atoms with Gasteiger partial charge in [0.2, 0.25) is 0 Å². The predicted octanol–water partition coefficient (Wildman–Crippen LogP) is 3.74. The van der Waals surface area contributed by atoms with Crippen molar-refractivity contribution in [1.29, 1.82) is 0 Å². The van der Waals surface area contributed by atoms with Crippen molar-refractivity contribution in [3.05, 3.63) is 100.0 Å². The molecule has 0 radical (unpaired) electrons. The van der Waals surface area contributed by atoms with Crippen molar-refractivity contribution >= 4 is 11.2 Å². The van der Waals surface area contributed by atoms with Gasteiger partial charge in [0.1, 0.15) is 12.4 Å². The molecule has 4 aromatic rings. The molecule has 0 atom stereocenters. The first-order valence-electron chi connectivity index (χ1n) is 10.6. The fraction of sp³-hybridized carbons (Fsp3) is 0.240. The number of imidazole rings is 1. The SMILES string of the molecule is C=CCn1cnc2c1c(=O)n(CCOc1ccccc1)c(=O)n2-c1ccc(C(C)C)cc1. The van der Waals surface area contributed by atoms with Crippen LogP contribution in [0.2, 0.25) is 0 Å². The third-order valence-electron chi connectivity index (χ3n) is 5.37. The molecular weight excluding hydrogens is 404 g/mol. The summed E-state index contributed by atoms with van der Waals surface area (Å²) in [6.07, 6.45) is 3.26. The van der Waals surface area contributed by atoms with E-state index in [-0.39, 0.29) is 13.2 Å². The molecule has 4 rings (SSSR count). The minimum atomic E-state index is -0.444. The van der Waals surface area contributed by atoms with Gasteiger partial charge in [0.25, 0.3) is 5.56 Å². The van der Waals surface area contributed by atoms with E-state index >= 15 is 0 Å². The number of hydrogen-bond acceptors (Lipinski definition) is 4. The largest absolute Gasteiger partial charge is 0.492 e. The van der Waals surface area contributed by atoms with Gasteiger partial charge in [-0.05, 0) is 35.7 Å². The highest BCUT2D eigenvalue weighted by Crippen LogP contribution is 2.18. The molecule has 164 valence electrons. The van der Waals surface area contributed by atoms with E-state index in [1.54, 1.807) is 17.0 Å². The molecule has 0 bridgehead atoms. The van der Waals surface area contributed by atoms with E-state index in [0.717, 1.165) is 0 Å². The third-order valence-corrected chi connectivity index (χ3v) is 5.37. The number of benzene rings is 2. The average molecular weight is 431 g/mol. The van der Waals surface area contributed by atoms with Crippen molar-refractivity contribution < 1.29 is 4.74 Å². The molecule has 7 heteroatoms. The number of allylic oxidation sites excluding steroid dienone is 1. The monoisotopic (exact) mass is 430 g/mol. The van der Waals surface area contributed by atoms with Crippen LogP contribution in [0.4, 0.5) is 0 Å². The second kappa shape index (κ2) is 9.09. The highest BCUT2D eigenvalue weighted by molar-refractivity contribution is 5.72. The molecule has 0 amide bonds. The van der Waals surface area contributed by atoms with Crippen LogP contribution in [0.1, 0.15) is 25.3 Å². The third kappa shape index (κ3) is 4.01. The van der Waals surface area contributed by atoms with Crippen LogP contribution in [-0.4, -0.2) is 25.3 Å². The van der Waals surface area contributed by atoms with Crippen LogP contribution in [0, 0.1) is 0 Å². The fourth-order valence-electron chi connectivity index (χ4n) is 3.67. The zero-order chi connectivity index (χ0) is 22.7. The van der Waals surface area contributed by atoms with Crippen molar-refractivity contribution in [1.82, 2.24) is 18.7 Å². The lowest BCUT2D eigenvalue weighted by Gasteiger charge is -2.14. The molecule has 0 saturated heterocycles. The summed E-state index contributed by atoms with van der Waals surface area (Å²) in [6.45, 7) is 8.70. The zero-order valence-electron chi connectivity index (χ0n) is 18.3. The highest BCUT2D eigenvalue weighted by Gasteiger charge is 2.19. The van der Waals surface area contributed by atoms with Crippen molar-refractivity contribution in [2.45, 2.75) is 32.9 Å². The number of hydrogen-bond donors (Lipinski definition) is 0. The lowest BCUT2D eigenvalue weighted by molar-refractivity contribution is 0.293. The number of para-hydroxylation sites is 1. The Morgan fingerprint density at radius 2 is 1.78 bits per heavy atom. The first-order chi connectivity index (χ1) is 15.5. The number of fused-ring (bicyclic) bond motifs is 1. The van der Waals surface area contributed by atoms with Crippen LogP contribution >= 0.6 is 0 Å². The molecule has 2 heterocycles. The second-order valence-corrected chi connectivity index (χ2v) is 7.84. The Morgan fingerprint density at radius 3 is 2.44 bits per heavy atom. The quantitative estimate of drug-likeness (QED) is 0.399. The van der Waals surface area contributed by atoms with Gasteiger partial charge >= 0.3 is 5.69 Å². The summed E-state index contributed by atoms with van der Waals surface area (Å²) >= 11 is 0. The number of rotatable bonds is 8. The summed E-state index contributed by atoms with van der Waals surface area (Å²) in [4.78, 5) is 31.1. The topological polar surface area (TPSA) is 71.1 Å². The first kappa shape index (κ1) is 21.4. The van der Waals surface area contributed by atoms with Crippen LogP contribution in [-0.2, 0) is 13.1 Å². The summed E-state index contributed by atoms with van der Waals surface area (Å²) in [7, 11) is 0. The van der Waals surface area contributed by atoms with Gasteiger partial charge in [-0.3, -0.25) is 9.36 Å². The summed E-state index contributed by atoms with van der Waals surface area (Å²) in [6, 6.07) is 17.1. The Labute approximate surface area is 185 Å². The Bertz CT molecular complexity index is 1350. The molecule has 0 unspecified atom stereocenters. The molecule has 32 heavy (non-hydrogen) atoms. The van der Waals surface area contributed by atoms with Gasteiger partial charge in [-0.25, -0.2) is 14.3 Å². The van der Waals surface area contributed by atoms with Crippen molar-refractivity contribution in [2.75, 3.05) is 6.61 Å². The average Bonchev–Trinajstić information content (AvgIpc) is 3.21. The molecule has 0 saturated carbocycles. The van der Waals surface area contributed by atoms with E-state index in [1.165, 1.54) is 14.7 Å². The molecule has 7 nitrogen and oxygen atoms in total. The van der Waals surface area contributed by atoms with Crippen LogP contribution in [0.25, 0.3) is 16.9 Å². The minimum absolute atomic E-state index is 0.117. The van der Waals surface area contributed by atoms with E-state index < -0.39 is 11.2 Å². The van der Waals surface area contributed by atoms with E-state index in [0.29, 0.717) is 35.1 Å². The number of ether oxygens (including phenoxy) is 1. The Balaban J connectivity index is 1.82. The van der Waals surface area contributed by atoms with Gasteiger partial charge in [0.05, 0.1) is 18.6 Å². The normalized spacial score (nSPS) is 11.2. The minimum Gasteiger partial charge on any atom is -0.492 e. The van der Waals surface area contributed by atoms with Gasteiger partial charge in [0.15, 0.2) is 11.2 Å². The molecular formula is C25H26N4O3. The van der Waals surface area contributed by atoms with Crippen LogP contribution in [0.5, 0.6) is 5.75 Å². The Kier molecular flexibility index (Phi) is 6.07. The van der Waals surface area contributed by atoms with E-state index in [9.17, 15) is 9.59 Å². The Morgan fingerprint density at radius 1 is 1.06 bits per heavy atom. The summed E-state index contributed by atoms with van der Waals surface area (Å²) in [5.41, 5.74) is 1.68. The number of aromatic nitrogens is 4. The predicted molar refractivity (Wildman–Crippen MR) is 126 cm³/mol. The maximum Gasteiger partial charge on any atom is 0.337 e. The standard InChI is InChI=1S/C25H26N4O3/c1-4-14-27-17-26-23-22(27)24(30)28(15-16-32-21-8-6-5-7-9-21)25(31)29(23)20-12-10-19(11-13-20)18(2)3/h4-13,17-18H,1,14-16H2,2-3H3. The van der Waals surface area contributed by atoms with E-state index in [2.05, 4.69) is 25.4 Å². The summed E-state index contributed by atoms with van der Waals surface area (Å²) in [5.74, 6) is 1.06.